The van der Waals surface area contributed by atoms with E-state index in [0.717, 1.165) is 5.56 Å². The van der Waals surface area contributed by atoms with Gasteiger partial charge in [0.1, 0.15) is 30.0 Å². The van der Waals surface area contributed by atoms with Gasteiger partial charge >= 0.3 is 0 Å². The first-order chi connectivity index (χ1) is 13.5. The molecular formula is C22H19FN2O3. The number of amides is 1. The lowest BCUT2D eigenvalue weighted by molar-refractivity contribution is 0.0706. The first-order valence-electron chi connectivity index (χ1n) is 8.73. The number of carbonyl (C=O) groups excluding carboxylic acids is 1. The lowest BCUT2D eigenvalue weighted by atomic mass is 10.1. The Bertz CT molecular complexity index is 1010. The normalized spacial score (nSPS) is 11.5. The quantitative estimate of drug-likeness (QED) is 0.623. The van der Waals surface area contributed by atoms with Gasteiger partial charge in [-0.15, -0.1) is 0 Å². The molecule has 3 rings (SSSR count). The van der Waals surface area contributed by atoms with Gasteiger partial charge in [-0.25, -0.2) is 4.39 Å². The number of rotatable bonds is 6. The monoisotopic (exact) mass is 378 g/mol. The largest absolute Gasteiger partial charge is 0.484 e. The van der Waals surface area contributed by atoms with Gasteiger partial charge in [-0.2, -0.15) is 5.26 Å². The number of benzene rings is 2. The van der Waals surface area contributed by atoms with Crippen LogP contribution in [0.3, 0.4) is 0 Å². The summed E-state index contributed by atoms with van der Waals surface area (Å²) in [7, 11) is 1.66. The summed E-state index contributed by atoms with van der Waals surface area (Å²) >= 11 is 0. The second kappa shape index (κ2) is 8.40. The first kappa shape index (κ1) is 19.2. The van der Waals surface area contributed by atoms with Gasteiger partial charge in [-0.05, 0) is 48.9 Å². The third-order valence-electron chi connectivity index (χ3n) is 4.50. The van der Waals surface area contributed by atoms with E-state index in [2.05, 4.69) is 6.07 Å². The topological polar surface area (TPSA) is 66.5 Å². The number of ether oxygens (including phenoxy) is 1. The third-order valence-corrected chi connectivity index (χ3v) is 4.50. The smallest absolute Gasteiger partial charge is 0.289 e. The maximum Gasteiger partial charge on any atom is 0.289 e. The van der Waals surface area contributed by atoms with Crippen LogP contribution in [-0.4, -0.2) is 17.9 Å². The molecule has 1 aromatic heterocycles. The molecule has 28 heavy (non-hydrogen) atoms. The van der Waals surface area contributed by atoms with E-state index in [4.69, 9.17) is 14.4 Å². The number of hydrogen-bond donors (Lipinski definition) is 0. The molecule has 1 unspecified atom stereocenters. The number of carbonyl (C=O) groups is 1. The highest BCUT2D eigenvalue weighted by atomic mass is 19.1. The Hall–Kier alpha value is -3.59. The van der Waals surface area contributed by atoms with Gasteiger partial charge in [0.25, 0.3) is 5.91 Å². The number of para-hydroxylation sites is 1. The molecule has 1 heterocycles. The number of hydrogen-bond acceptors (Lipinski definition) is 4. The molecule has 0 aliphatic rings. The SMILES string of the molecule is CC(c1ccc(F)cc1)N(C)C(=O)c1ccc(COc2ccccc2C#N)o1. The minimum Gasteiger partial charge on any atom is -0.484 e. The first-order valence-corrected chi connectivity index (χ1v) is 8.73. The van der Waals surface area contributed by atoms with Crippen molar-refractivity contribution in [1.29, 1.82) is 5.26 Å². The molecule has 0 bridgehead atoms. The van der Waals surface area contributed by atoms with Crippen LogP contribution < -0.4 is 4.74 Å². The van der Waals surface area contributed by atoms with E-state index in [9.17, 15) is 9.18 Å². The standard InChI is InChI=1S/C22H19FN2O3/c1-15(16-7-9-18(23)10-8-16)25(2)22(26)21-12-11-19(28-21)14-27-20-6-4-3-5-17(20)13-24/h3-12,15H,14H2,1-2H3. The summed E-state index contributed by atoms with van der Waals surface area (Å²) in [5, 5.41) is 9.09. The Morgan fingerprint density at radius 1 is 1.18 bits per heavy atom. The van der Waals surface area contributed by atoms with E-state index in [1.807, 2.05) is 6.92 Å². The second-order valence-electron chi connectivity index (χ2n) is 6.31. The fourth-order valence-electron chi connectivity index (χ4n) is 2.72. The van der Waals surface area contributed by atoms with Crippen molar-refractivity contribution in [3.05, 3.63) is 89.1 Å². The van der Waals surface area contributed by atoms with Gasteiger partial charge < -0.3 is 14.1 Å². The predicted molar refractivity (Wildman–Crippen MR) is 101 cm³/mol. The number of halogens is 1. The Kier molecular flexibility index (Phi) is 5.75. The highest BCUT2D eigenvalue weighted by molar-refractivity contribution is 5.91. The van der Waals surface area contributed by atoms with Crippen LogP contribution in [0.25, 0.3) is 0 Å². The number of nitrogens with zero attached hydrogens (tertiary/aromatic N) is 2. The van der Waals surface area contributed by atoms with Gasteiger partial charge in [0.05, 0.1) is 11.6 Å². The van der Waals surface area contributed by atoms with Crippen LogP contribution in [0.15, 0.2) is 65.1 Å². The van der Waals surface area contributed by atoms with Crippen molar-refractivity contribution in [3.8, 4) is 11.8 Å². The van der Waals surface area contributed by atoms with Gasteiger partial charge in [-0.3, -0.25) is 4.79 Å². The number of nitriles is 1. The van der Waals surface area contributed by atoms with Crippen molar-refractivity contribution < 1.29 is 18.3 Å². The zero-order chi connectivity index (χ0) is 20.1. The molecule has 6 heteroatoms. The molecule has 5 nitrogen and oxygen atoms in total. The Morgan fingerprint density at radius 2 is 1.89 bits per heavy atom. The molecule has 3 aromatic rings. The summed E-state index contributed by atoms with van der Waals surface area (Å²) in [4.78, 5) is 14.2. The third kappa shape index (κ3) is 4.21. The molecule has 0 radical (unpaired) electrons. The zero-order valence-electron chi connectivity index (χ0n) is 15.6. The maximum absolute atomic E-state index is 13.1. The molecule has 0 spiro atoms. The molecule has 0 N–H and O–H groups in total. The fourth-order valence-corrected chi connectivity index (χ4v) is 2.72. The van der Waals surface area contributed by atoms with Crippen LogP contribution in [-0.2, 0) is 6.61 Å². The molecule has 142 valence electrons. The van der Waals surface area contributed by atoms with Crippen molar-refractivity contribution in [2.75, 3.05) is 7.05 Å². The average molecular weight is 378 g/mol. The minimum atomic E-state index is -0.321. The highest BCUT2D eigenvalue weighted by Crippen LogP contribution is 2.23. The van der Waals surface area contributed by atoms with E-state index in [1.165, 1.54) is 17.0 Å². The molecule has 1 atom stereocenters. The fraction of sp³-hybridized carbons (Fsp3) is 0.182. The van der Waals surface area contributed by atoms with Crippen LogP contribution in [0.5, 0.6) is 5.75 Å². The van der Waals surface area contributed by atoms with Crippen molar-refractivity contribution in [1.82, 2.24) is 4.90 Å². The lowest BCUT2D eigenvalue weighted by Crippen LogP contribution is -2.29. The van der Waals surface area contributed by atoms with Crippen molar-refractivity contribution in [3.63, 3.8) is 0 Å². The summed E-state index contributed by atoms with van der Waals surface area (Å²) in [6.45, 7) is 1.96. The summed E-state index contributed by atoms with van der Waals surface area (Å²) in [6.07, 6.45) is 0. The zero-order valence-corrected chi connectivity index (χ0v) is 15.6. The Balaban J connectivity index is 1.66. The summed E-state index contributed by atoms with van der Waals surface area (Å²) < 4.78 is 24.3. The second-order valence-corrected chi connectivity index (χ2v) is 6.31. The minimum absolute atomic E-state index is 0.100. The van der Waals surface area contributed by atoms with Gasteiger partial charge in [0.15, 0.2) is 5.76 Å². The van der Waals surface area contributed by atoms with Crippen LogP contribution in [0, 0.1) is 17.1 Å². The molecule has 1 amide bonds. The number of furan rings is 1. The van der Waals surface area contributed by atoms with Crippen molar-refractivity contribution in [2.24, 2.45) is 0 Å². The average Bonchev–Trinajstić information content (AvgIpc) is 3.20. The van der Waals surface area contributed by atoms with E-state index < -0.39 is 0 Å². The van der Waals surface area contributed by atoms with E-state index in [-0.39, 0.29) is 30.1 Å². The Morgan fingerprint density at radius 3 is 2.61 bits per heavy atom. The summed E-state index contributed by atoms with van der Waals surface area (Å²) in [6, 6.07) is 18.0. The van der Waals surface area contributed by atoms with Gasteiger partial charge in [0.2, 0.25) is 0 Å². The van der Waals surface area contributed by atoms with Crippen LogP contribution in [0.2, 0.25) is 0 Å². The molecule has 0 aliphatic heterocycles. The van der Waals surface area contributed by atoms with Gasteiger partial charge in [-0.1, -0.05) is 24.3 Å². The maximum atomic E-state index is 13.1. The van der Waals surface area contributed by atoms with E-state index in [0.29, 0.717) is 17.1 Å². The summed E-state index contributed by atoms with van der Waals surface area (Å²) in [5.41, 5.74) is 1.25. The van der Waals surface area contributed by atoms with Crippen LogP contribution in [0.4, 0.5) is 4.39 Å². The molecular weight excluding hydrogens is 359 g/mol. The van der Waals surface area contributed by atoms with Crippen molar-refractivity contribution >= 4 is 5.91 Å². The van der Waals surface area contributed by atoms with Crippen LogP contribution in [0.1, 0.15) is 40.4 Å². The molecule has 0 aliphatic carbocycles. The van der Waals surface area contributed by atoms with Crippen LogP contribution >= 0.6 is 0 Å². The predicted octanol–water partition coefficient (Wildman–Crippen LogP) is 4.70. The lowest BCUT2D eigenvalue weighted by Gasteiger charge is -2.24. The Labute approximate surface area is 162 Å². The van der Waals surface area contributed by atoms with E-state index >= 15 is 0 Å². The van der Waals surface area contributed by atoms with Crippen molar-refractivity contribution in [2.45, 2.75) is 19.6 Å². The molecule has 0 saturated carbocycles. The summed E-state index contributed by atoms with van der Waals surface area (Å²) in [5.74, 6) is 0.498. The molecule has 0 saturated heterocycles. The molecule has 2 aromatic carbocycles. The van der Waals surface area contributed by atoms with Gasteiger partial charge in [0, 0.05) is 7.05 Å². The van der Waals surface area contributed by atoms with E-state index in [1.54, 1.807) is 55.6 Å². The highest BCUT2D eigenvalue weighted by Gasteiger charge is 2.22. The molecule has 0 fully saturated rings.